The number of aliphatic hydroxyl groups is 1. The highest BCUT2D eigenvalue weighted by Gasteiger charge is 2.19. The Balaban J connectivity index is 1.53. The maximum atomic E-state index is 9.39. The summed E-state index contributed by atoms with van der Waals surface area (Å²) in [6.45, 7) is 6.41. The number of piperazine rings is 1. The lowest BCUT2D eigenvalue weighted by molar-refractivity contribution is -0.0114. The van der Waals surface area contributed by atoms with Gasteiger partial charge in [-0.25, -0.2) is 0 Å². The van der Waals surface area contributed by atoms with Gasteiger partial charge in [-0.2, -0.15) is 0 Å². The van der Waals surface area contributed by atoms with Gasteiger partial charge in [0.05, 0.1) is 18.8 Å². The predicted octanol–water partition coefficient (Wildman–Crippen LogP) is 0.212. The van der Waals surface area contributed by atoms with Gasteiger partial charge < -0.3 is 15.2 Å². The summed E-state index contributed by atoms with van der Waals surface area (Å²) in [4.78, 5) is 2.45. The molecule has 0 aromatic heterocycles. The van der Waals surface area contributed by atoms with E-state index in [1.807, 2.05) is 0 Å². The van der Waals surface area contributed by atoms with E-state index in [0.29, 0.717) is 6.10 Å². The summed E-state index contributed by atoms with van der Waals surface area (Å²) in [6.07, 6.45) is 4.21. The molecule has 2 rings (SSSR count). The molecular formula is C12H24N2O2. The molecule has 0 bridgehead atoms. The third kappa shape index (κ3) is 4.01. The minimum Gasteiger partial charge on any atom is -0.393 e. The Hall–Kier alpha value is -0.160. The zero-order valence-corrected chi connectivity index (χ0v) is 10.0. The summed E-state index contributed by atoms with van der Waals surface area (Å²) in [5.74, 6) is 0. The van der Waals surface area contributed by atoms with E-state index in [1.165, 1.54) is 0 Å². The monoisotopic (exact) mass is 228 g/mol. The van der Waals surface area contributed by atoms with E-state index in [2.05, 4.69) is 10.2 Å². The summed E-state index contributed by atoms with van der Waals surface area (Å²) in [7, 11) is 0. The molecule has 0 unspecified atom stereocenters. The van der Waals surface area contributed by atoms with E-state index < -0.39 is 0 Å². The molecule has 16 heavy (non-hydrogen) atoms. The molecule has 0 atom stereocenters. The number of rotatable bonds is 4. The second-order valence-corrected chi connectivity index (χ2v) is 4.89. The van der Waals surface area contributed by atoms with E-state index in [1.54, 1.807) is 0 Å². The van der Waals surface area contributed by atoms with Crippen LogP contribution in [0.4, 0.5) is 0 Å². The van der Waals surface area contributed by atoms with Crippen LogP contribution in [0.5, 0.6) is 0 Å². The van der Waals surface area contributed by atoms with Crippen molar-refractivity contribution in [1.29, 1.82) is 0 Å². The van der Waals surface area contributed by atoms with Gasteiger partial charge in [-0.05, 0) is 25.7 Å². The predicted molar refractivity (Wildman–Crippen MR) is 63.5 cm³/mol. The highest BCUT2D eigenvalue weighted by atomic mass is 16.5. The number of ether oxygens (including phenoxy) is 1. The van der Waals surface area contributed by atoms with E-state index in [-0.39, 0.29) is 6.10 Å². The van der Waals surface area contributed by atoms with Crippen molar-refractivity contribution >= 4 is 0 Å². The highest BCUT2D eigenvalue weighted by Crippen LogP contribution is 2.20. The van der Waals surface area contributed by atoms with Gasteiger partial charge in [-0.1, -0.05) is 0 Å². The van der Waals surface area contributed by atoms with Gasteiger partial charge >= 0.3 is 0 Å². The topological polar surface area (TPSA) is 44.7 Å². The van der Waals surface area contributed by atoms with Crippen molar-refractivity contribution in [3.8, 4) is 0 Å². The molecule has 2 N–H and O–H groups in total. The van der Waals surface area contributed by atoms with Gasteiger partial charge in [-0.3, -0.25) is 4.90 Å². The molecule has 1 saturated carbocycles. The van der Waals surface area contributed by atoms with Crippen molar-refractivity contribution < 1.29 is 9.84 Å². The van der Waals surface area contributed by atoms with Crippen LogP contribution in [0, 0.1) is 0 Å². The number of nitrogens with zero attached hydrogens (tertiary/aromatic N) is 1. The molecule has 4 heteroatoms. The van der Waals surface area contributed by atoms with Crippen LogP contribution in [0.3, 0.4) is 0 Å². The number of nitrogens with one attached hydrogen (secondary N) is 1. The Morgan fingerprint density at radius 2 is 1.81 bits per heavy atom. The van der Waals surface area contributed by atoms with Gasteiger partial charge in [0.2, 0.25) is 0 Å². The van der Waals surface area contributed by atoms with Crippen LogP contribution >= 0.6 is 0 Å². The van der Waals surface area contributed by atoms with Gasteiger partial charge in [0, 0.05) is 32.7 Å². The quantitative estimate of drug-likeness (QED) is 0.722. The number of aliphatic hydroxyl groups excluding tert-OH is 1. The Kier molecular flexibility index (Phi) is 5.03. The van der Waals surface area contributed by atoms with Crippen LogP contribution in [-0.2, 0) is 4.74 Å². The van der Waals surface area contributed by atoms with Gasteiger partial charge in [0.25, 0.3) is 0 Å². The fourth-order valence-electron chi connectivity index (χ4n) is 2.50. The van der Waals surface area contributed by atoms with Gasteiger partial charge in [-0.15, -0.1) is 0 Å². The minimum absolute atomic E-state index is 0.0759. The molecule has 1 heterocycles. The van der Waals surface area contributed by atoms with Crippen LogP contribution in [-0.4, -0.2) is 61.5 Å². The Morgan fingerprint density at radius 1 is 1.12 bits per heavy atom. The third-order valence-corrected chi connectivity index (χ3v) is 3.61. The standard InChI is InChI=1S/C12H24N2O2/c15-11-1-3-12(4-2-11)16-10-9-14-7-5-13-6-8-14/h11-13,15H,1-10H2. The number of hydrogen-bond donors (Lipinski definition) is 2. The van der Waals surface area contributed by atoms with Crippen molar-refractivity contribution in [2.75, 3.05) is 39.3 Å². The molecule has 4 nitrogen and oxygen atoms in total. The summed E-state index contributed by atoms with van der Waals surface area (Å²) < 4.78 is 5.86. The largest absolute Gasteiger partial charge is 0.393 e. The molecule has 0 radical (unpaired) electrons. The average Bonchev–Trinajstić information content (AvgIpc) is 2.33. The molecule has 2 fully saturated rings. The van der Waals surface area contributed by atoms with Crippen LogP contribution in [0.2, 0.25) is 0 Å². The van der Waals surface area contributed by atoms with Crippen molar-refractivity contribution in [3.63, 3.8) is 0 Å². The first-order chi connectivity index (χ1) is 7.84. The smallest absolute Gasteiger partial charge is 0.0597 e. The van der Waals surface area contributed by atoms with Crippen molar-refractivity contribution in [1.82, 2.24) is 10.2 Å². The summed E-state index contributed by atoms with van der Waals surface area (Å²) in [6, 6.07) is 0. The van der Waals surface area contributed by atoms with Crippen LogP contribution in [0.15, 0.2) is 0 Å². The van der Waals surface area contributed by atoms with Crippen LogP contribution < -0.4 is 5.32 Å². The minimum atomic E-state index is -0.0759. The second-order valence-electron chi connectivity index (χ2n) is 4.89. The molecule has 0 spiro atoms. The van der Waals surface area contributed by atoms with E-state index in [0.717, 1.165) is 65.0 Å². The first-order valence-electron chi connectivity index (χ1n) is 6.57. The average molecular weight is 228 g/mol. The normalized spacial score (nSPS) is 32.8. The maximum absolute atomic E-state index is 9.39. The van der Waals surface area contributed by atoms with Crippen LogP contribution in [0.25, 0.3) is 0 Å². The molecule has 1 aliphatic carbocycles. The summed E-state index contributed by atoms with van der Waals surface area (Å²) in [5.41, 5.74) is 0. The van der Waals surface area contributed by atoms with Crippen molar-refractivity contribution in [3.05, 3.63) is 0 Å². The Morgan fingerprint density at radius 3 is 2.50 bits per heavy atom. The van der Waals surface area contributed by atoms with Gasteiger partial charge in [0.15, 0.2) is 0 Å². The number of hydrogen-bond acceptors (Lipinski definition) is 4. The van der Waals surface area contributed by atoms with E-state index in [9.17, 15) is 5.11 Å². The zero-order valence-electron chi connectivity index (χ0n) is 10.0. The molecule has 0 amide bonds. The van der Waals surface area contributed by atoms with E-state index in [4.69, 9.17) is 4.74 Å². The third-order valence-electron chi connectivity index (χ3n) is 3.61. The van der Waals surface area contributed by atoms with Crippen LogP contribution in [0.1, 0.15) is 25.7 Å². The summed E-state index contributed by atoms with van der Waals surface area (Å²) >= 11 is 0. The Labute approximate surface area is 98.0 Å². The second kappa shape index (κ2) is 6.55. The summed E-state index contributed by atoms with van der Waals surface area (Å²) in [5, 5.41) is 12.7. The SMILES string of the molecule is OC1CCC(OCCN2CCNCC2)CC1. The Bertz CT molecular complexity index is 187. The van der Waals surface area contributed by atoms with E-state index >= 15 is 0 Å². The lowest BCUT2D eigenvalue weighted by Gasteiger charge is -2.29. The molecule has 0 aromatic carbocycles. The first-order valence-corrected chi connectivity index (χ1v) is 6.57. The first kappa shape index (κ1) is 12.3. The molecule has 1 saturated heterocycles. The molecule has 1 aliphatic heterocycles. The lowest BCUT2D eigenvalue weighted by atomic mass is 9.95. The molecule has 2 aliphatic rings. The fourth-order valence-corrected chi connectivity index (χ4v) is 2.50. The van der Waals surface area contributed by atoms with Crippen molar-refractivity contribution in [2.24, 2.45) is 0 Å². The lowest BCUT2D eigenvalue weighted by Crippen LogP contribution is -2.44. The molecule has 0 aromatic rings. The molecular weight excluding hydrogens is 204 g/mol. The highest BCUT2D eigenvalue weighted by molar-refractivity contribution is 4.72. The zero-order chi connectivity index (χ0) is 11.2. The fraction of sp³-hybridized carbons (Fsp3) is 1.00. The van der Waals surface area contributed by atoms with Crippen molar-refractivity contribution in [2.45, 2.75) is 37.9 Å². The molecule has 94 valence electrons. The maximum Gasteiger partial charge on any atom is 0.0597 e. The van der Waals surface area contributed by atoms with Gasteiger partial charge in [0.1, 0.15) is 0 Å².